The first kappa shape index (κ1) is 19.3. The van der Waals surface area contributed by atoms with Crippen LogP contribution in [0.1, 0.15) is 35.6 Å². The zero-order valence-electron chi connectivity index (χ0n) is 14.8. The lowest BCUT2D eigenvalue weighted by atomic mass is 9.98. The Morgan fingerprint density at radius 1 is 0.778 bits per heavy atom. The monoisotopic (exact) mass is 378 g/mol. The van der Waals surface area contributed by atoms with Gasteiger partial charge in [-0.25, -0.2) is 8.78 Å². The van der Waals surface area contributed by atoms with E-state index in [0.29, 0.717) is 23.8 Å². The molecule has 5 heteroatoms. The lowest BCUT2D eigenvalue weighted by molar-refractivity contribution is -0.139. The minimum absolute atomic E-state index is 0.0660. The van der Waals surface area contributed by atoms with Crippen LogP contribution in [0.15, 0.2) is 48.5 Å². The van der Waals surface area contributed by atoms with E-state index in [2.05, 4.69) is 0 Å². The van der Waals surface area contributed by atoms with Gasteiger partial charge in [-0.05, 0) is 53.5 Å². The molecular weight excluding hydrogens is 359 g/mol. The van der Waals surface area contributed by atoms with Gasteiger partial charge >= 0.3 is 6.18 Å². The molecular formula is C22H19F5. The maximum atomic E-state index is 14.2. The van der Waals surface area contributed by atoms with Gasteiger partial charge in [0.15, 0.2) is 0 Å². The summed E-state index contributed by atoms with van der Waals surface area (Å²) in [4.78, 5) is 0. The number of hydrogen-bond acceptors (Lipinski definition) is 0. The SMILES string of the molecule is CCCc1ccc(CCc2ccc3c(F)c(C(F)(F)F)ccc3c2)c(F)c1. The van der Waals surface area contributed by atoms with Gasteiger partial charge < -0.3 is 0 Å². The second-order valence-electron chi connectivity index (χ2n) is 6.66. The van der Waals surface area contributed by atoms with Crippen LogP contribution in [0, 0.1) is 11.6 Å². The zero-order valence-corrected chi connectivity index (χ0v) is 14.8. The molecule has 0 saturated heterocycles. The van der Waals surface area contributed by atoms with Crippen LogP contribution >= 0.6 is 0 Å². The lowest BCUT2D eigenvalue weighted by Crippen LogP contribution is -2.08. The summed E-state index contributed by atoms with van der Waals surface area (Å²) in [5, 5.41) is 0.334. The van der Waals surface area contributed by atoms with E-state index in [1.54, 1.807) is 24.3 Å². The Morgan fingerprint density at radius 2 is 1.48 bits per heavy atom. The summed E-state index contributed by atoms with van der Waals surface area (Å²) in [5.74, 6) is -1.51. The smallest absolute Gasteiger partial charge is 0.207 e. The van der Waals surface area contributed by atoms with Crippen molar-refractivity contribution < 1.29 is 22.0 Å². The van der Waals surface area contributed by atoms with Crippen LogP contribution in [-0.4, -0.2) is 0 Å². The molecule has 0 aliphatic heterocycles. The molecule has 0 unspecified atom stereocenters. The van der Waals surface area contributed by atoms with Gasteiger partial charge in [0.2, 0.25) is 0 Å². The standard InChI is InChI=1S/C22H19F5/c1-2-3-14-4-7-16(20(23)13-14)8-5-15-6-10-18-17(12-15)9-11-19(21(18)24)22(25,26)27/h4,6-7,9-13H,2-3,5,8H2,1H3. The summed E-state index contributed by atoms with van der Waals surface area (Å²) in [5.41, 5.74) is 1.10. The second kappa shape index (κ2) is 7.67. The first-order valence-corrected chi connectivity index (χ1v) is 8.85. The molecule has 142 valence electrons. The minimum atomic E-state index is -4.72. The van der Waals surface area contributed by atoms with Crippen LogP contribution < -0.4 is 0 Å². The normalized spacial score (nSPS) is 11.9. The van der Waals surface area contributed by atoms with Crippen molar-refractivity contribution in [2.45, 2.75) is 38.8 Å². The number of alkyl halides is 3. The predicted octanol–water partition coefficient (Wildman–Crippen LogP) is 6.87. The third-order valence-corrected chi connectivity index (χ3v) is 4.66. The van der Waals surface area contributed by atoms with Crippen molar-refractivity contribution in [3.05, 3.63) is 82.4 Å². The van der Waals surface area contributed by atoms with Gasteiger partial charge in [-0.1, -0.05) is 49.7 Å². The van der Waals surface area contributed by atoms with E-state index in [4.69, 9.17) is 0 Å². The van der Waals surface area contributed by atoms with E-state index in [1.807, 2.05) is 13.0 Å². The summed E-state index contributed by atoms with van der Waals surface area (Å²) in [7, 11) is 0. The third-order valence-electron chi connectivity index (χ3n) is 4.66. The van der Waals surface area contributed by atoms with Gasteiger partial charge in [0.05, 0.1) is 5.56 Å². The van der Waals surface area contributed by atoms with E-state index < -0.39 is 17.6 Å². The molecule has 3 aromatic carbocycles. The molecule has 27 heavy (non-hydrogen) atoms. The highest BCUT2D eigenvalue weighted by atomic mass is 19.4. The Morgan fingerprint density at radius 3 is 2.15 bits per heavy atom. The fourth-order valence-electron chi connectivity index (χ4n) is 3.23. The number of rotatable bonds is 5. The van der Waals surface area contributed by atoms with E-state index in [0.717, 1.165) is 30.0 Å². The largest absolute Gasteiger partial charge is 0.419 e. The van der Waals surface area contributed by atoms with Crippen molar-refractivity contribution in [1.29, 1.82) is 0 Å². The van der Waals surface area contributed by atoms with Gasteiger partial charge in [0.1, 0.15) is 11.6 Å². The van der Waals surface area contributed by atoms with Crippen LogP contribution in [0.4, 0.5) is 22.0 Å². The van der Waals surface area contributed by atoms with Crippen LogP contribution in [0.3, 0.4) is 0 Å². The number of fused-ring (bicyclic) bond motifs is 1. The summed E-state index contributed by atoms with van der Waals surface area (Å²) < 4.78 is 66.7. The van der Waals surface area contributed by atoms with Crippen LogP contribution in [0.2, 0.25) is 0 Å². The molecule has 0 heterocycles. The molecule has 0 aromatic heterocycles. The van der Waals surface area contributed by atoms with Gasteiger partial charge in [-0.2, -0.15) is 13.2 Å². The summed E-state index contributed by atoms with van der Waals surface area (Å²) in [6.45, 7) is 2.03. The van der Waals surface area contributed by atoms with Crippen molar-refractivity contribution >= 4 is 10.8 Å². The zero-order chi connectivity index (χ0) is 19.6. The summed E-state index contributed by atoms with van der Waals surface area (Å²) >= 11 is 0. The molecule has 0 aliphatic carbocycles. The molecule has 0 nitrogen and oxygen atoms in total. The van der Waals surface area contributed by atoms with Crippen molar-refractivity contribution in [3.63, 3.8) is 0 Å². The van der Waals surface area contributed by atoms with Gasteiger partial charge in [-0.15, -0.1) is 0 Å². The molecule has 3 aromatic rings. The molecule has 0 N–H and O–H groups in total. The van der Waals surface area contributed by atoms with Crippen LogP contribution in [0.5, 0.6) is 0 Å². The Bertz CT molecular complexity index is 957. The highest BCUT2D eigenvalue weighted by molar-refractivity contribution is 5.84. The van der Waals surface area contributed by atoms with Crippen molar-refractivity contribution in [2.75, 3.05) is 0 Å². The maximum absolute atomic E-state index is 14.2. The highest BCUT2D eigenvalue weighted by Crippen LogP contribution is 2.34. The third kappa shape index (κ3) is 4.29. The van der Waals surface area contributed by atoms with E-state index in [1.165, 1.54) is 12.1 Å². The number of benzene rings is 3. The van der Waals surface area contributed by atoms with E-state index in [-0.39, 0.29) is 11.2 Å². The van der Waals surface area contributed by atoms with Crippen molar-refractivity contribution in [3.8, 4) is 0 Å². The first-order valence-electron chi connectivity index (χ1n) is 8.85. The molecule has 0 amide bonds. The highest BCUT2D eigenvalue weighted by Gasteiger charge is 2.34. The topological polar surface area (TPSA) is 0 Å². The van der Waals surface area contributed by atoms with Crippen LogP contribution in [0.25, 0.3) is 10.8 Å². The summed E-state index contributed by atoms with van der Waals surface area (Å²) in [6.07, 6.45) is -1.97. The Balaban J connectivity index is 1.80. The first-order chi connectivity index (χ1) is 12.8. The Hall–Kier alpha value is -2.43. The Kier molecular flexibility index (Phi) is 5.49. The molecule has 0 saturated carbocycles. The fraction of sp³-hybridized carbons (Fsp3) is 0.273. The molecule has 0 aliphatic rings. The maximum Gasteiger partial charge on any atom is 0.419 e. The fourth-order valence-corrected chi connectivity index (χ4v) is 3.23. The van der Waals surface area contributed by atoms with E-state index in [9.17, 15) is 22.0 Å². The molecule has 3 rings (SSSR count). The van der Waals surface area contributed by atoms with Crippen molar-refractivity contribution in [1.82, 2.24) is 0 Å². The average Bonchev–Trinajstić information content (AvgIpc) is 2.60. The molecule has 0 atom stereocenters. The number of aryl methyl sites for hydroxylation is 3. The predicted molar refractivity (Wildman–Crippen MR) is 96.7 cm³/mol. The minimum Gasteiger partial charge on any atom is -0.207 e. The van der Waals surface area contributed by atoms with Crippen LogP contribution in [-0.2, 0) is 25.4 Å². The number of hydrogen-bond donors (Lipinski definition) is 0. The van der Waals surface area contributed by atoms with Gasteiger partial charge in [-0.3, -0.25) is 0 Å². The summed E-state index contributed by atoms with van der Waals surface area (Å²) in [6, 6.07) is 11.9. The van der Waals surface area contributed by atoms with Gasteiger partial charge in [0.25, 0.3) is 0 Å². The molecule has 0 spiro atoms. The molecule has 0 fully saturated rings. The second-order valence-corrected chi connectivity index (χ2v) is 6.66. The van der Waals surface area contributed by atoms with Gasteiger partial charge in [0, 0.05) is 5.39 Å². The quantitative estimate of drug-likeness (QED) is 0.425. The molecule has 0 radical (unpaired) electrons. The lowest BCUT2D eigenvalue weighted by Gasteiger charge is -2.11. The molecule has 0 bridgehead atoms. The Labute approximate surface area is 154 Å². The van der Waals surface area contributed by atoms with Crippen molar-refractivity contribution in [2.24, 2.45) is 0 Å². The van der Waals surface area contributed by atoms with E-state index >= 15 is 0 Å². The average molecular weight is 378 g/mol. The number of halogens is 5.